The maximum Gasteiger partial charge on any atom is 0.269 e. The Kier molecular flexibility index (Phi) is 3.29. The van der Waals surface area contributed by atoms with E-state index >= 15 is 0 Å². The summed E-state index contributed by atoms with van der Waals surface area (Å²) in [4.78, 5) is 19.3. The predicted octanol–water partition coefficient (Wildman–Crippen LogP) is 0.0193. The van der Waals surface area contributed by atoms with Crippen LogP contribution in [-0.2, 0) is 6.42 Å². The molecule has 0 unspecified atom stereocenters. The lowest BCUT2D eigenvalue weighted by molar-refractivity contribution is 0.0949. The average Bonchev–Trinajstić information content (AvgIpc) is 2.83. The molecule has 0 radical (unpaired) electrons. The minimum absolute atomic E-state index is 0.256. The van der Waals surface area contributed by atoms with Gasteiger partial charge < -0.3 is 15.6 Å². The molecule has 2 rings (SSSR count). The number of nitrogen functional groups attached to an aromatic ring is 1. The first-order chi connectivity index (χ1) is 8.25. The van der Waals surface area contributed by atoms with Gasteiger partial charge in [0.2, 0.25) is 6.39 Å². The minimum atomic E-state index is -0.256. The molecule has 17 heavy (non-hydrogen) atoms. The lowest BCUT2D eigenvalue weighted by Gasteiger charge is -2.02. The maximum atomic E-state index is 11.6. The molecule has 2 aromatic heterocycles. The van der Waals surface area contributed by atoms with E-state index in [1.165, 1.54) is 12.6 Å². The summed E-state index contributed by atoms with van der Waals surface area (Å²) in [5.74, 6) is 0.295. The van der Waals surface area contributed by atoms with Crippen LogP contribution < -0.4 is 11.1 Å². The number of rotatable bonds is 4. The van der Waals surface area contributed by atoms with E-state index in [4.69, 9.17) is 5.73 Å². The molecule has 0 saturated carbocycles. The maximum absolute atomic E-state index is 11.6. The molecule has 0 aliphatic rings. The van der Waals surface area contributed by atoms with Gasteiger partial charge in [-0.25, -0.2) is 4.98 Å². The normalized spacial score (nSPS) is 10.1. The molecule has 2 aromatic rings. The SMILES string of the molecule is Nc1ccc(C(=O)NCCc2ncon2)nc1. The van der Waals surface area contributed by atoms with Crippen molar-refractivity contribution in [2.75, 3.05) is 12.3 Å². The van der Waals surface area contributed by atoms with Gasteiger partial charge in [-0.1, -0.05) is 5.16 Å². The van der Waals surface area contributed by atoms with Gasteiger partial charge in [-0.2, -0.15) is 4.98 Å². The Morgan fingerprint density at radius 3 is 2.94 bits per heavy atom. The van der Waals surface area contributed by atoms with E-state index in [9.17, 15) is 4.79 Å². The number of pyridine rings is 1. The van der Waals surface area contributed by atoms with E-state index in [2.05, 4.69) is 25.0 Å². The van der Waals surface area contributed by atoms with Crippen LogP contribution in [-0.4, -0.2) is 27.6 Å². The van der Waals surface area contributed by atoms with Crippen molar-refractivity contribution in [2.45, 2.75) is 6.42 Å². The number of nitrogens with zero attached hydrogens (tertiary/aromatic N) is 3. The third kappa shape index (κ3) is 3.00. The second kappa shape index (κ2) is 5.06. The van der Waals surface area contributed by atoms with Gasteiger partial charge in [0.1, 0.15) is 5.69 Å². The summed E-state index contributed by atoms with van der Waals surface area (Å²) in [6, 6.07) is 3.19. The number of carbonyl (C=O) groups excluding carboxylic acids is 1. The molecule has 88 valence electrons. The Labute approximate surface area is 97.0 Å². The fourth-order valence-corrected chi connectivity index (χ4v) is 1.22. The minimum Gasteiger partial charge on any atom is -0.397 e. The highest BCUT2D eigenvalue weighted by Crippen LogP contribution is 2.00. The third-order valence-corrected chi connectivity index (χ3v) is 2.06. The number of aromatic nitrogens is 3. The van der Waals surface area contributed by atoms with Gasteiger partial charge in [0.05, 0.1) is 11.9 Å². The monoisotopic (exact) mass is 233 g/mol. The summed E-state index contributed by atoms with van der Waals surface area (Å²) in [5.41, 5.74) is 6.32. The van der Waals surface area contributed by atoms with Crippen LogP contribution in [0.5, 0.6) is 0 Å². The lowest BCUT2D eigenvalue weighted by atomic mass is 10.3. The Hall–Kier alpha value is -2.44. The number of amides is 1. The molecule has 0 fully saturated rings. The molecule has 0 aliphatic carbocycles. The van der Waals surface area contributed by atoms with Crippen molar-refractivity contribution in [1.82, 2.24) is 20.4 Å². The fourth-order valence-electron chi connectivity index (χ4n) is 1.22. The molecule has 0 atom stereocenters. The highest BCUT2D eigenvalue weighted by atomic mass is 16.5. The first kappa shape index (κ1) is 11.1. The van der Waals surface area contributed by atoms with Crippen molar-refractivity contribution >= 4 is 11.6 Å². The van der Waals surface area contributed by atoms with Crippen LogP contribution in [0.15, 0.2) is 29.2 Å². The topological polar surface area (TPSA) is 107 Å². The van der Waals surface area contributed by atoms with Crippen LogP contribution >= 0.6 is 0 Å². The number of nitrogens with one attached hydrogen (secondary N) is 1. The molecule has 7 heteroatoms. The smallest absolute Gasteiger partial charge is 0.269 e. The summed E-state index contributed by atoms with van der Waals surface area (Å²) < 4.78 is 4.57. The molecule has 7 nitrogen and oxygen atoms in total. The van der Waals surface area contributed by atoms with E-state index in [1.54, 1.807) is 12.1 Å². The van der Waals surface area contributed by atoms with Crippen LogP contribution in [0, 0.1) is 0 Å². The van der Waals surface area contributed by atoms with Gasteiger partial charge in [-0.3, -0.25) is 4.79 Å². The lowest BCUT2D eigenvalue weighted by Crippen LogP contribution is -2.26. The summed E-state index contributed by atoms with van der Waals surface area (Å²) in [7, 11) is 0. The number of nitrogens with two attached hydrogens (primary N) is 1. The van der Waals surface area contributed by atoms with Crippen molar-refractivity contribution in [3.63, 3.8) is 0 Å². The van der Waals surface area contributed by atoms with Crippen molar-refractivity contribution < 1.29 is 9.32 Å². The first-order valence-corrected chi connectivity index (χ1v) is 5.00. The number of hydrogen-bond acceptors (Lipinski definition) is 6. The zero-order chi connectivity index (χ0) is 12.1. The Morgan fingerprint density at radius 2 is 2.29 bits per heavy atom. The Balaban J connectivity index is 1.83. The van der Waals surface area contributed by atoms with Crippen LogP contribution in [0.3, 0.4) is 0 Å². The van der Waals surface area contributed by atoms with Gasteiger partial charge in [-0.15, -0.1) is 0 Å². The molecule has 0 aliphatic heterocycles. The molecule has 3 N–H and O–H groups in total. The van der Waals surface area contributed by atoms with E-state index in [-0.39, 0.29) is 5.91 Å². The highest BCUT2D eigenvalue weighted by molar-refractivity contribution is 5.92. The van der Waals surface area contributed by atoms with Crippen LogP contribution in [0.2, 0.25) is 0 Å². The van der Waals surface area contributed by atoms with E-state index in [1.807, 2.05) is 0 Å². The van der Waals surface area contributed by atoms with Crippen LogP contribution in [0.4, 0.5) is 5.69 Å². The summed E-state index contributed by atoms with van der Waals surface area (Å²) >= 11 is 0. The second-order valence-corrected chi connectivity index (χ2v) is 3.33. The van der Waals surface area contributed by atoms with Crippen molar-refractivity contribution in [3.8, 4) is 0 Å². The highest BCUT2D eigenvalue weighted by Gasteiger charge is 2.06. The van der Waals surface area contributed by atoms with E-state index in [0.717, 1.165) is 0 Å². The third-order valence-electron chi connectivity index (χ3n) is 2.06. The molecule has 0 spiro atoms. The van der Waals surface area contributed by atoms with Crippen LogP contribution in [0.25, 0.3) is 0 Å². The molecule has 0 bridgehead atoms. The average molecular weight is 233 g/mol. The Bertz CT molecular complexity index is 480. The van der Waals surface area contributed by atoms with E-state index in [0.29, 0.717) is 30.2 Å². The number of carbonyl (C=O) groups is 1. The largest absolute Gasteiger partial charge is 0.397 e. The van der Waals surface area contributed by atoms with Gasteiger partial charge in [0, 0.05) is 13.0 Å². The van der Waals surface area contributed by atoms with E-state index < -0.39 is 0 Å². The Morgan fingerprint density at radius 1 is 1.41 bits per heavy atom. The first-order valence-electron chi connectivity index (χ1n) is 5.00. The second-order valence-electron chi connectivity index (χ2n) is 3.33. The predicted molar refractivity (Wildman–Crippen MR) is 59.0 cm³/mol. The summed E-state index contributed by atoms with van der Waals surface area (Å²) in [5, 5.41) is 6.32. The zero-order valence-corrected chi connectivity index (χ0v) is 8.96. The van der Waals surface area contributed by atoms with Crippen molar-refractivity contribution in [2.24, 2.45) is 0 Å². The van der Waals surface area contributed by atoms with Gasteiger partial charge in [-0.05, 0) is 12.1 Å². The molecular formula is C10H11N5O2. The van der Waals surface area contributed by atoms with Crippen LogP contribution in [0.1, 0.15) is 16.3 Å². The molecule has 2 heterocycles. The number of hydrogen-bond donors (Lipinski definition) is 2. The summed E-state index contributed by atoms with van der Waals surface area (Å²) in [6.45, 7) is 0.421. The molecule has 0 saturated heterocycles. The molecule has 0 aromatic carbocycles. The van der Waals surface area contributed by atoms with Gasteiger partial charge >= 0.3 is 0 Å². The van der Waals surface area contributed by atoms with Gasteiger partial charge in [0.15, 0.2) is 5.82 Å². The quantitative estimate of drug-likeness (QED) is 0.770. The number of anilines is 1. The van der Waals surface area contributed by atoms with Crippen molar-refractivity contribution in [1.29, 1.82) is 0 Å². The molecule has 1 amide bonds. The zero-order valence-electron chi connectivity index (χ0n) is 8.96. The van der Waals surface area contributed by atoms with Gasteiger partial charge in [0.25, 0.3) is 5.91 Å². The standard InChI is InChI=1S/C10H11N5O2/c11-7-1-2-8(13-5-7)10(16)12-4-3-9-14-6-17-15-9/h1-2,5-6H,3-4,11H2,(H,12,16). The van der Waals surface area contributed by atoms with Crippen molar-refractivity contribution in [3.05, 3.63) is 36.2 Å². The molecular weight excluding hydrogens is 222 g/mol. The fraction of sp³-hybridized carbons (Fsp3) is 0.200. The summed E-state index contributed by atoms with van der Waals surface area (Å²) in [6.07, 6.45) is 3.20.